The van der Waals surface area contributed by atoms with Gasteiger partial charge < -0.3 is 16.2 Å². The van der Waals surface area contributed by atoms with Crippen LogP contribution >= 0.6 is 11.3 Å². The third-order valence-corrected chi connectivity index (χ3v) is 3.98. The Bertz CT molecular complexity index is 554. The van der Waals surface area contributed by atoms with Crippen molar-refractivity contribution in [3.05, 3.63) is 10.9 Å². The van der Waals surface area contributed by atoms with Crippen LogP contribution < -0.4 is 11.1 Å². The molecule has 2 rings (SSSR count). The van der Waals surface area contributed by atoms with Crippen LogP contribution in [0.2, 0.25) is 0 Å². The maximum atomic E-state index is 9.16. The zero-order valence-electron chi connectivity index (χ0n) is 10.8. The van der Waals surface area contributed by atoms with Gasteiger partial charge in [0, 0.05) is 17.5 Å². The molecule has 2 aromatic rings. The summed E-state index contributed by atoms with van der Waals surface area (Å²) in [5.74, 6) is 1.17. The average molecular weight is 266 g/mol. The molecule has 2 atom stereocenters. The number of thiophene rings is 1. The Labute approximate surface area is 110 Å². The Balaban J connectivity index is 2.37. The van der Waals surface area contributed by atoms with E-state index in [0.29, 0.717) is 0 Å². The van der Waals surface area contributed by atoms with Crippen molar-refractivity contribution in [1.29, 1.82) is 0 Å². The molecule has 2 heterocycles. The zero-order valence-corrected chi connectivity index (χ0v) is 11.6. The van der Waals surface area contributed by atoms with Crippen LogP contribution in [0.1, 0.15) is 18.7 Å². The molecule has 0 aliphatic rings. The van der Waals surface area contributed by atoms with Gasteiger partial charge in [-0.15, -0.1) is 11.3 Å². The molecule has 0 saturated carbocycles. The van der Waals surface area contributed by atoms with Gasteiger partial charge in [0.2, 0.25) is 5.95 Å². The number of rotatable bonds is 4. The van der Waals surface area contributed by atoms with E-state index in [9.17, 15) is 0 Å². The van der Waals surface area contributed by atoms with E-state index >= 15 is 0 Å². The van der Waals surface area contributed by atoms with Crippen molar-refractivity contribution in [3.63, 3.8) is 0 Å². The number of aliphatic hydroxyl groups excluding tert-OH is 1. The molecule has 0 saturated heterocycles. The Morgan fingerprint density at radius 3 is 2.83 bits per heavy atom. The maximum Gasteiger partial charge on any atom is 0.223 e. The number of hydrogen-bond acceptors (Lipinski definition) is 6. The van der Waals surface area contributed by atoms with Crippen molar-refractivity contribution >= 4 is 33.3 Å². The number of aryl methyl sites for hydroxylation is 1. The van der Waals surface area contributed by atoms with E-state index in [4.69, 9.17) is 10.8 Å². The first-order valence-electron chi connectivity index (χ1n) is 5.92. The first kappa shape index (κ1) is 13.0. The fourth-order valence-corrected chi connectivity index (χ4v) is 2.57. The SMILES string of the molecule is Cc1cc2c(NC(C)C(C)CO)nc(N)nc2s1. The van der Waals surface area contributed by atoms with E-state index in [-0.39, 0.29) is 24.5 Å². The third kappa shape index (κ3) is 2.54. The van der Waals surface area contributed by atoms with Crippen molar-refractivity contribution in [2.45, 2.75) is 26.8 Å². The second-order valence-corrected chi connectivity index (χ2v) is 5.83. The third-order valence-electron chi connectivity index (χ3n) is 3.04. The number of aliphatic hydroxyl groups is 1. The lowest BCUT2D eigenvalue weighted by Crippen LogP contribution is -2.26. The molecule has 0 spiro atoms. The van der Waals surface area contributed by atoms with Crippen molar-refractivity contribution < 1.29 is 5.11 Å². The molecular weight excluding hydrogens is 248 g/mol. The second kappa shape index (κ2) is 5.07. The minimum absolute atomic E-state index is 0.118. The first-order chi connectivity index (χ1) is 8.51. The van der Waals surface area contributed by atoms with Gasteiger partial charge in [-0.25, -0.2) is 4.98 Å². The number of nitrogens with two attached hydrogens (primary N) is 1. The number of aromatic nitrogens is 2. The van der Waals surface area contributed by atoms with E-state index in [1.165, 1.54) is 4.88 Å². The Hall–Kier alpha value is -1.40. The van der Waals surface area contributed by atoms with Gasteiger partial charge >= 0.3 is 0 Å². The number of anilines is 2. The summed E-state index contributed by atoms with van der Waals surface area (Å²) in [6.07, 6.45) is 0. The lowest BCUT2D eigenvalue weighted by molar-refractivity contribution is 0.226. The van der Waals surface area contributed by atoms with E-state index in [1.54, 1.807) is 11.3 Å². The van der Waals surface area contributed by atoms with Crippen molar-refractivity contribution in [2.24, 2.45) is 5.92 Å². The van der Waals surface area contributed by atoms with Crippen LogP contribution in [-0.4, -0.2) is 27.7 Å². The van der Waals surface area contributed by atoms with E-state index in [1.807, 2.05) is 20.8 Å². The minimum atomic E-state index is 0.118. The average Bonchev–Trinajstić information content (AvgIpc) is 2.68. The van der Waals surface area contributed by atoms with Crippen molar-refractivity contribution in [2.75, 3.05) is 17.7 Å². The number of nitrogen functional groups attached to an aromatic ring is 1. The molecule has 18 heavy (non-hydrogen) atoms. The number of nitrogens with one attached hydrogen (secondary N) is 1. The van der Waals surface area contributed by atoms with Gasteiger partial charge in [-0.05, 0) is 25.8 Å². The second-order valence-electron chi connectivity index (χ2n) is 4.60. The van der Waals surface area contributed by atoms with E-state index in [2.05, 4.69) is 21.4 Å². The molecule has 0 aliphatic heterocycles. The zero-order chi connectivity index (χ0) is 13.3. The maximum absolute atomic E-state index is 9.16. The highest BCUT2D eigenvalue weighted by atomic mass is 32.1. The lowest BCUT2D eigenvalue weighted by atomic mass is 10.1. The predicted molar refractivity (Wildman–Crippen MR) is 75.9 cm³/mol. The molecule has 2 aromatic heterocycles. The molecule has 6 heteroatoms. The summed E-state index contributed by atoms with van der Waals surface area (Å²) >= 11 is 1.60. The van der Waals surface area contributed by atoms with Gasteiger partial charge in [-0.3, -0.25) is 0 Å². The normalized spacial score (nSPS) is 14.7. The molecule has 0 radical (unpaired) electrons. The molecule has 0 amide bonds. The van der Waals surface area contributed by atoms with Crippen LogP contribution in [-0.2, 0) is 0 Å². The molecule has 4 N–H and O–H groups in total. The topological polar surface area (TPSA) is 84.1 Å². The smallest absolute Gasteiger partial charge is 0.223 e. The largest absolute Gasteiger partial charge is 0.396 e. The molecule has 2 unspecified atom stereocenters. The summed E-state index contributed by atoms with van der Waals surface area (Å²) in [6, 6.07) is 2.17. The standard InChI is InChI=1S/C12H18N4OS/c1-6(5-17)8(3)14-10-9-4-7(2)18-11(9)16-12(13)15-10/h4,6,8,17H,5H2,1-3H3,(H3,13,14,15,16). The van der Waals surface area contributed by atoms with Gasteiger partial charge in [0.05, 0.1) is 5.39 Å². The van der Waals surface area contributed by atoms with Crippen LogP contribution in [0.15, 0.2) is 6.07 Å². The van der Waals surface area contributed by atoms with Gasteiger partial charge in [0.15, 0.2) is 0 Å². The number of fused-ring (bicyclic) bond motifs is 1. The van der Waals surface area contributed by atoms with Crippen LogP contribution in [0, 0.1) is 12.8 Å². The molecule has 5 nitrogen and oxygen atoms in total. The highest BCUT2D eigenvalue weighted by Crippen LogP contribution is 2.29. The summed E-state index contributed by atoms with van der Waals surface area (Å²) in [7, 11) is 0. The fourth-order valence-electron chi connectivity index (χ4n) is 1.68. The van der Waals surface area contributed by atoms with Gasteiger partial charge in [0.25, 0.3) is 0 Å². The van der Waals surface area contributed by atoms with Crippen LogP contribution in [0.5, 0.6) is 0 Å². The van der Waals surface area contributed by atoms with Gasteiger partial charge in [-0.1, -0.05) is 6.92 Å². The molecular formula is C12H18N4OS. The molecule has 0 aromatic carbocycles. The monoisotopic (exact) mass is 266 g/mol. The summed E-state index contributed by atoms with van der Waals surface area (Å²) in [5.41, 5.74) is 5.71. The molecule has 0 aliphatic carbocycles. The van der Waals surface area contributed by atoms with Crippen molar-refractivity contribution in [1.82, 2.24) is 9.97 Å². The first-order valence-corrected chi connectivity index (χ1v) is 6.74. The highest BCUT2D eigenvalue weighted by molar-refractivity contribution is 7.18. The van der Waals surface area contributed by atoms with Crippen LogP contribution in [0.25, 0.3) is 10.2 Å². The summed E-state index contributed by atoms with van der Waals surface area (Å²) in [5, 5.41) is 13.5. The van der Waals surface area contributed by atoms with Gasteiger partial charge in [-0.2, -0.15) is 4.98 Å². The lowest BCUT2D eigenvalue weighted by Gasteiger charge is -2.20. The Morgan fingerprint density at radius 2 is 2.17 bits per heavy atom. The Kier molecular flexibility index (Phi) is 3.68. The molecule has 0 bridgehead atoms. The van der Waals surface area contributed by atoms with E-state index in [0.717, 1.165) is 16.0 Å². The summed E-state index contributed by atoms with van der Waals surface area (Å²) in [4.78, 5) is 10.5. The minimum Gasteiger partial charge on any atom is -0.396 e. The number of nitrogens with zero attached hydrogens (tertiary/aromatic N) is 2. The van der Waals surface area contributed by atoms with E-state index < -0.39 is 0 Å². The van der Waals surface area contributed by atoms with Crippen LogP contribution in [0.3, 0.4) is 0 Å². The number of hydrogen-bond donors (Lipinski definition) is 3. The molecule has 98 valence electrons. The predicted octanol–water partition coefficient (Wildman–Crippen LogP) is 2.01. The summed E-state index contributed by atoms with van der Waals surface area (Å²) in [6.45, 7) is 6.18. The van der Waals surface area contributed by atoms with Crippen LogP contribution in [0.4, 0.5) is 11.8 Å². The highest BCUT2D eigenvalue weighted by Gasteiger charge is 2.15. The fraction of sp³-hybridized carbons (Fsp3) is 0.500. The summed E-state index contributed by atoms with van der Waals surface area (Å²) < 4.78 is 0. The van der Waals surface area contributed by atoms with Crippen molar-refractivity contribution in [3.8, 4) is 0 Å². The molecule has 0 fully saturated rings. The Morgan fingerprint density at radius 1 is 1.44 bits per heavy atom. The van der Waals surface area contributed by atoms with Gasteiger partial charge in [0.1, 0.15) is 10.6 Å². The quantitative estimate of drug-likeness (QED) is 0.788.